The van der Waals surface area contributed by atoms with Crippen LogP contribution < -0.4 is 5.32 Å². The fraction of sp³-hybridized carbons (Fsp3) is 0.167. The topological polar surface area (TPSA) is 49.3 Å². The summed E-state index contributed by atoms with van der Waals surface area (Å²) in [7, 11) is 0. The van der Waals surface area contributed by atoms with Crippen molar-refractivity contribution in [3.05, 3.63) is 77.4 Å². The van der Waals surface area contributed by atoms with Crippen molar-refractivity contribution in [2.75, 3.05) is 6.61 Å². The number of rotatable bonds is 5. The largest absolute Gasteiger partial charge is 0.394 e. The molecule has 0 heterocycles. The van der Waals surface area contributed by atoms with E-state index in [0.717, 1.165) is 11.1 Å². The first-order valence-corrected chi connectivity index (χ1v) is 6.90. The summed E-state index contributed by atoms with van der Waals surface area (Å²) in [5.74, 6) is -0.224. The van der Waals surface area contributed by atoms with E-state index in [4.69, 9.17) is 0 Å². The highest BCUT2D eigenvalue weighted by Crippen LogP contribution is 2.11. The Balaban J connectivity index is 1.98. The molecule has 2 aromatic carbocycles. The van der Waals surface area contributed by atoms with Crippen LogP contribution in [0.15, 0.2) is 60.7 Å². The Kier molecular flexibility index (Phi) is 5.29. The minimum Gasteiger partial charge on any atom is -0.394 e. The van der Waals surface area contributed by atoms with E-state index in [9.17, 15) is 9.90 Å². The molecule has 0 bridgehead atoms. The van der Waals surface area contributed by atoms with Crippen LogP contribution in [0.4, 0.5) is 0 Å². The summed E-state index contributed by atoms with van der Waals surface area (Å²) >= 11 is 0. The lowest BCUT2D eigenvalue weighted by Crippen LogP contribution is -2.29. The monoisotopic (exact) mass is 281 g/mol. The van der Waals surface area contributed by atoms with Crippen molar-refractivity contribution in [2.24, 2.45) is 0 Å². The molecule has 0 aliphatic carbocycles. The van der Waals surface area contributed by atoms with E-state index < -0.39 is 0 Å². The van der Waals surface area contributed by atoms with Gasteiger partial charge in [0.2, 0.25) is 5.91 Å². The standard InChI is InChI=1S/C18H19NO2/c1-14-7-9-15(10-8-14)11-12-18(21)19-17(13-20)16-5-3-2-4-6-16/h2-12,17,20H,13H2,1H3,(H,19,21)/b12-11+. The normalized spacial score (nSPS) is 12.3. The number of nitrogens with one attached hydrogen (secondary N) is 1. The second-order valence-corrected chi connectivity index (χ2v) is 4.90. The molecule has 0 fully saturated rings. The maximum absolute atomic E-state index is 11.9. The van der Waals surface area contributed by atoms with Crippen molar-refractivity contribution in [1.29, 1.82) is 0 Å². The molecule has 2 rings (SSSR count). The van der Waals surface area contributed by atoms with Gasteiger partial charge in [-0.05, 0) is 24.1 Å². The number of amides is 1. The highest BCUT2D eigenvalue weighted by atomic mass is 16.3. The molecule has 108 valence electrons. The van der Waals surface area contributed by atoms with Crippen LogP contribution in [0.5, 0.6) is 0 Å². The van der Waals surface area contributed by atoms with Crippen LogP contribution in [0.25, 0.3) is 6.08 Å². The maximum Gasteiger partial charge on any atom is 0.244 e. The molecule has 0 saturated heterocycles. The molecule has 0 aliphatic heterocycles. The molecule has 1 atom stereocenters. The molecule has 3 nitrogen and oxygen atoms in total. The average molecular weight is 281 g/mol. The highest BCUT2D eigenvalue weighted by molar-refractivity contribution is 5.92. The lowest BCUT2D eigenvalue weighted by atomic mass is 10.1. The van der Waals surface area contributed by atoms with E-state index in [1.165, 1.54) is 11.6 Å². The second-order valence-electron chi connectivity index (χ2n) is 4.90. The molecule has 21 heavy (non-hydrogen) atoms. The van der Waals surface area contributed by atoms with Crippen molar-refractivity contribution in [3.8, 4) is 0 Å². The Bertz CT molecular complexity index is 603. The van der Waals surface area contributed by atoms with Crippen LogP contribution in [0, 0.1) is 6.92 Å². The summed E-state index contributed by atoms with van der Waals surface area (Å²) in [5.41, 5.74) is 3.04. The first kappa shape index (κ1) is 15.0. The van der Waals surface area contributed by atoms with Gasteiger partial charge in [-0.15, -0.1) is 0 Å². The third kappa shape index (κ3) is 4.58. The first-order valence-electron chi connectivity index (χ1n) is 6.90. The van der Waals surface area contributed by atoms with Crippen molar-refractivity contribution in [3.63, 3.8) is 0 Å². The third-order valence-electron chi connectivity index (χ3n) is 3.21. The van der Waals surface area contributed by atoms with E-state index >= 15 is 0 Å². The van der Waals surface area contributed by atoms with Gasteiger partial charge in [-0.3, -0.25) is 4.79 Å². The van der Waals surface area contributed by atoms with Gasteiger partial charge in [0, 0.05) is 6.08 Å². The predicted molar refractivity (Wildman–Crippen MR) is 84.6 cm³/mol. The summed E-state index contributed by atoms with van der Waals surface area (Å²) in [6.07, 6.45) is 3.24. The Morgan fingerprint density at radius 3 is 2.43 bits per heavy atom. The van der Waals surface area contributed by atoms with Crippen molar-refractivity contribution < 1.29 is 9.90 Å². The van der Waals surface area contributed by atoms with E-state index in [2.05, 4.69) is 5.32 Å². The molecular weight excluding hydrogens is 262 g/mol. The molecule has 1 unspecified atom stereocenters. The van der Waals surface area contributed by atoms with Gasteiger partial charge in [0.05, 0.1) is 12.6 Å². The van der Waals surface area contributed by atoms with Gasteiger partial charge in [0.1, 0.15) is 0 Å². The van der Waals surface area contributed by atoms with Gasteiger partial charge < -0.3 is 10.4 Å². The minimum absolute atomic E-state index is 0.131. The summed E-state index contributed by atoms with van der Waals surface area (Å²) in [6, 6.07) is 16.9. The summed E-state index contributed by atoms with van der Waals surface area (Å²) in [4.78, 5) is 11.9. The number of benzene rings is 2. The van der Waals surface area contributed by atoms with Gasteiger partial charge in [-0.25, -0.2) is 0 Å². The lowest BCUT2D eigenvalue weighted by Gasteiger charge is -2.15. The Morgan fingerprint density at radius 2 is 1.81 bits per heavy atom. The number of aliphatic hydroxyl groups is 1. The fourth-order valence-electron chi connectivity index (χ4n) is 1.99. The zero-order chi connectivity index (χ0) is 15.1. The molecule has 2 aromatic rings. The smallest absolute Gasteiger partial charge is 0.244 e. The van der Waals surface area contributed by atoms with Crippen LogP contribution in [0.3, 0.4) is 0 Å². The summed E-state index contributed by atoms with van der Waals surface area (Å²) in [6.45, 7) is 1.89. The summed E-state index contributed by atoms with van der Waals surface area (Å²) in [5, 5.41) is 12.2. The number of hydrogen-bond acceptors (Lipinski definition) is 2. The van der Waals surface area contributed by atoms with Crippen LogP contribution in [0.1, 0.15) is 22.7 Å². The summed E-state index contributed by atoms with van der Waals surface area (Å²) < 4.78 is 0. The highest BCUT2D eigenvalue weighted by Gasteiger charge is 2.11. The molecule has 0 spiro atoms. The maximum atomic E-state index is 11.9. The Morgan fingerprint density at radius 1 is 1.14 bits per heavy atom. The molecule has 0 radical (unpaired) electrons. The van der Waals surface area contributed by atoms with E-state index in [-0.39, 0.29) is 18.6 Å². The SMILES string of the molecule is Cc1ccc(/C=C/C(=O)NC(CO)c2ccccc2)cc1. The van der Waals surface area contributed by atoms with Gasteiger partial charge in [-0.2, -0.15) is 0 Å². The van der Waals surface area contributed by atoms with Crippen LogP contribution >= 0.6 is 0 Å². The van der Waals surface area contributed by atoms with E-state index in [0.29, 0.717) is 0 Å². The Hall–Kier alpha value is -2.39. The zero-order valence-electron chi connectivity index (χ0n) is 12.0. The molecule has 1 amide bonds. The molecule has 0 saturated carbocycles. The van der Waals surface area contributed by atoms with Crippen molar-refractivity contribution in [1.82, 2.24) is 5.32 Å². The van der Waals surface area contributed by atoms with Crippen molar-refractivity contribution in [2.45, 2.75) is 13.0 Å². The second kappa shape index (κ2) is 7.41. The number of carbonyl (C=O) groups excluding carboxylic acids is 1. The molecule has 0 aliphatic rings. The number of aryl methyl sites for hydroxylation is 1. The third-order valence-corrected chi connectivity index (χ3v) is 3.21. The van der Waals surface area contributed by atoms with Crippen LogP contribution in [0.2, 0.25) is 0 Å². The van der Waals surface area contributed by atoms with Crippen LogP contribution in [-0.4, -0.2) is 17.6 Å². The number of aliphatic hydroxyl groups excluding tert-OH is 1. The average Bonchev–Trinajstić information content (AvgIpc) is 2.53. The number of hydrogen-bond donors (Lipinski definition) is 2. The minimum atomic E-state index is -0.388. The molecule has 0 aromatic heterocycles. The van der Waals surface area contributed by atoms with Gasteiger partial charge in [0.15, 0.2) is 0 Å². The lowest BCUT2D eigenvalue weighted by molar-refractivity contribution is -0.117. The predicted octanol–water partition coefficient (Wildman–Crippen LogP) is 2.86. The van der Waals surface area contributed by atoms with Crippen molar-refractivity contribution >= 4 is 12.0 Å². The molecular formula is C18H19NO2. The Labute approximate surface area is 124 Å². The van der Waals surface area contributed by atoms with E-state index in [1.54, 1.807) is 6.08 Å². The van der Waals surface area contributed by atoms with Gasteiger partial charge in [0.25, 0.3) is 0 Å². The van der Waals surface area contributed by atoms with Gasteiger partial charge in [-0.1, -0.05) is 60.2 Å². The fourth-order valence-corrected chi connectivity index (χ4v) is 1.99. The quantitative estimate of drug-likeness (QED) is 0.828. The van der Waals surface area contributed by atoms with E-state index in [1.807, 2.05) is 61.5 Å². The molecule has 3 heteroatoms. The molecule has 2 N–H and O–H groups in total. The first-order chi connectivity index (χ1) is 10.2. The zero-order valence-corrected chi connectivity index (χ0v) is 12.0. The number of carbonyl (C=O) groups is 1. The van der Waals surface area contributed by atoms with Gasteiger partial charge >= 0.3 is 0 Å². The van der Waals surface area contributed by atoms with Crippen LogP contribution in [-0.2, 0) is 4.79 Å².